The molecule has 1 aromatic carbocycles. The summed E-state index contributed by atoms with van der Waals surface area (Å²) in [4.78, 5) is 4.44. The lowest BCUT2D eigenvalue weighted by Crippen LogP contribution is -1.98. The van der Waals surface area contributed by atoms with Crippen molar-refractivity contribution in [2.45, 2.75) is 27.0 Å². The Balaban J connectivity index is 1.92. The highest BCUT2D eigenvalue weighted by Crippen LogP contribution is 2.19. The molecule has 0 fully saturated rings. The standard InChI is InChI=1S/C15H17N3O2/c1-10-4-14-15(5-11(10)2)18(9-16-14)7-12-6-13(8-19-3)20-17-12/h4-6,9H,7-8H2,1-3H3. The van der Waals surface area contributed by atoms with Crippen molar-refractivity contribution in [3.8, 4) is 0 Å². The Kier molecular flexibility index (Phi) is 3.28. The molecule has 5 nitrogen and oxygen atoms in total. The van der Waals surface area contributed by atoms with E-state index < -0.39 is 0 Å². The summed E-state index contributed by atoms with van der Waals surface area (Å²) < 4.78 is 12.3. The average molecular weight is 271 g/mol. The summed E-state index contributed by atoms with van der Waals surface area (Å²) in [7, 11) is 1.64. The number of ether oxygens (including phenoxy) is 1. The minimum atomic E-state index is 0.440. The van der Waals surface area contributed by atoms with Crippen LogP contribution < -0.4 is 0 Å². The topological polar surface area (TPSA) is 53.1 Å². The normalized spacial score (nSPS) is 11.3. The molecule has 2 heterocycles. The molecule has 2 aromatic heterocycles. The van der Waals surface area contributed by atoms with Crippen LogP contribution in [0.5, 0.6) is 0 Å². The van der Waals surface area contributed by atoms with Gasteiger partial charge in [-0.3, -0.25) is 0 Å². The third-order valence-electron chi connectivity index (χ3n) is 3.46. The second kappa shape index (κ2) is 5.09. The molecule has 0 N–H and O–H groups in total. The fourth-order valence-electron chi connectivity index (χ4n) is 2.25. The van der Waals surface area contributed by atoms with Gasteiger partial charge < -0.3 is 13.8 Å². The molecule has 20 heavy (non-hydrogen) atoms. The zero-order valence-electron chi connectivity index (χ0n) is 11.9. The summed E-state index contributed by atoms with van der Waals surface area (Å²) >= 11 is 0. The third kappa shape index (κ3) is 2.32. The lowest BCUT2D eigenvalue weighted by molar-refractivity contribution is 0.155. The van der Waals surface area contributed by atoms with Crippen molar-refractivity contribution in [2.24, 2.45) is 0 Å². The number of nitrogens with zero attached hydrogens (tertiary/aromatic N) is 3. The van der Waals surface area contributed by atoms with E-state index in [1.54, 1.807) is 7.11 Å². The number of methoxy groups -OCH3 is 1. The molecule has 0 aliphatic heterocycles. The van der Waals surface area contributed by atoms with Gasteiger partial charge in [-0.1, -0.05) is 5.16 Å². The van der Waals surface area contributed by atoms with E-state index in [0.29, 0.717) is 13.2 Å². The second-order valence-corrected chi connectivity index (χ2v) is 5.02. The molecule has 0 radical (unpaired) electrons. The molecular weight excluding hydrogens is 254 g/mol. The first-order chi connectivity index (χ1) is 9.67. The fraction of sp³-hybridized carbons (Fsp3) is 0.333. The van der Waals surface area contributed by atoms with Crippen molar-refractivity contribution in [3.05, 3.63) is 47.1 Å². The van der Waals surface area contributed by atoms with Crippen LogP contribution in [-0.2, 0) is 17.9 Å². The first-order valence-corrected chi connectivity index (χ1v) is 6.53. The minimum absolute atomic E-state index is 0.440. The first-order valence-electron chi connectivity index (χ1n) is 6.53. The summed E-state index contributed by atoms with van der Waals surface area (Å²) in [5.74, 6) is 0.735. The summed E-state index contributed by atoms with van der Waals surface area (Å²) in [5, 5.41) is 4.05. The Morgan fingerprint density at radius 3 is 2.80 bits per heavy atom. The van der Waals surface area contributed by atoms with Crippen molar-refractivity contribution >= 4 is 11.0 Å². The number of rotatable bonds is 4. The number of fused-ring (bicyclic) bond motifs is 1. The summed E-state index contributed by atoms with van der Waals surface area (Å²) in [6, 6.07) is 6.19. The molecular formula is C15H17N3O2. The Morgan fingerprint density at radius 1 is 1.20 bits per heavy atom. The van der Waals surface area contributed by atoms with Gasteiger partial charge in [-0.25, -0.2) is 4.98 Å². The van der Waals surface area contributed by atoms with E-state index in [-0.39, 0.29) is 0 Å². The van der Waals surface area contributed by atoms with E-state index in [4.69, 9.17) is 9.26 Å². The van der Waals surface area contributed by atoms with E-state index in [1.807, 2.05) is 12.4 Å². The van der Waals surface area contributed by atoms with Crippen LogP contribution in [0.15, 0.2) is 29.0 Å². The van der Waals surface area contributed by atoms with Gasteiger partial charge in [0, 0.05) is 13.2 Å². The van der Waals surface area contributed by atoms with Gasteiger partial charge in [-0.05, 0) is 37.1 Å². The zero-order valence-corrected chi connectivity index (χ0v) is 11.9. The number of aromatic nitrogens is 3. The highest BCUT2D eigenvalue weighted by atomic mass is 16.5. The molecule has 0 aliphatic rings. The van der Waals surface area contributed by atoms with Crippen molar-refractivity contribution in [1.29, 1.82) is 0 Å². The van der Waals surface area contributed by atoms with Crippen molar-refractivity contribution in [2.75, 3.05) is 7.11 Å². The van der Waals surface area contributed by atoms with Gasteiger partial charge in [0.05, 0.1) is 23.9 Å². The average Bonchev–Trinajstić information content (AvgIpc) is 3.00. The van der Waals surface area contributed by atoms with Crippen LogP contribution in [0, 0.1) is 13.8 Å². The van der Waals surface area contributed by atoms with Crippen LogP contribution in [0.1, 0.15) is 22.6 Å². The van der Waals surface area contributed by atoms with E-state index in [1.165, 1.54) is 11.1 Å². The highest BCUT2D eigenvalue weighted by Gasteiger charge is 2.09. The van der Waals surface area contributed by atoms with Crippen LogP contribution >= 0.6 is 0 Å². The molecule has 0 saturated heterocycles. The summed E-state index contributed by atoms with van der Waals surface area (Å²) in [6.45, 7) is 5.30. The van der Waals surface area contributed by atoms with Crippen molar-refractivity contribution < 1.29 is 9.26 Å². The predicted molar refractivity (Wildman–Crippen MR) is 75.5 cm³/mol. The van der Waals surface area contributed by atoms with Gasteiger partial charge in [0.15, 0.2) is 5.76 Å². The lowest BCUT2D eigenvalue weighted by Gasteiger charge is -2.03. The van der Waals surface area contributed by atoms with Gasteiger partial charge in [-0.2, -0.15) is 0 Å². The van der Waals surface area contributed by atoms with Crippen LogP contribution in [-0.4, -0.2) is 21.8 Å². The van der Waals surface area contributed by atoms with E-state index in [9.17, 15) is 0 Å². The molecule has 0 unspecified atom stereocenters. The molecule has 0 amide bonds. The zero-order chi connectivity index (χ0) is 14.1. The lowest BCUT2D eigenvalue weighted by atomic mass is 10.1. The van der Waals surface area contributed by atoms with Gasteiger partial charge in [0.1, 0.15) is 12.3 Å². The van der Waals surface area contributed by atoms with Gasteiger partial charge in [0.2, 0.25) is 0 Å². The second-order valence-electron chi connectivity index (χ2n) is 5.02. The summed E-state index contributed by atoms with van der Waals surface area (Å²) in [5.41, 5.74) is 5.51. The molecule has 0 saturated carbocycles. The molecule has 0 aliphatic carbocycles. The Bertz CT molecular complexity index is 743. The Hall–Kier alpha value is -2.14. The van der Waals surface area contributed by atoms with Crippen molar-refractivity contribution in [1.82, 2.24) is 14.7 Å². The van der Waals surface area contributed by atoms with Gasteiger partial charge in [-0.15, -0.1) is 0 Å². The number of benzene rings is 1. The van der Waals surface area contributed by atoms with Gasteiger partial charge >= 0.3 is 0 Å². The predicted octanol–water partition coefficient (Wildman–Crippen LogP) is 2.84. The maximum atomic E-state index is 5.20. The molecule has 3 aromatic rings. The SMILES string of the molecule is COCc1cc(Cn2cnc3cc(C)c(C)cc32)no1. The fourth-order valence-corrected chi connectivity index (χ4v) is 2.25. The van der Waals surface area contributed by atoms with E-state index in [0.717, 1.165) is 22.5 Å². The van der Waals surface area contributed by atoms with E-state index >= 15 is 0 Å². The first kappa shape index (κ1) is 12.9. The quantitative estimate of drug-likeness (QED) is 0.732. The Labute approximate surface area is 117 Å². The highest BCUT2D eigenvalue weighted by molar-refractivity contribution is 5.77. The van der Waals surface area contributed by atoms with Crippen molar-refractivity contribution in [3.63, 3.8) is 0 Å². The van der Waals surface area contributed by atoms with Crippen LogP contribution in [0.3, 0.4) is 0 Å². The maximum absolute atomic E-state index is 5.20. The number of aryl methyl sites for hydroxylation is 2. The largest absolute Gasteiger partial charge is 0.377 e. The minimum Gasteiger partial charge on any atom is -0.377 e. The third-order valence-corrected chi connectivity index (χ3v) is 3.46. The molecule has 0 atom stereocenters. The number of hydrogen-bond donors (Lipinski definition) is 0. The molecule has 0 bridgehead atoms. The molecule has 0 spiro atoms. The monoisotopic (exact) mass is 271 g/mol. The summed E-state index contributed by atoms with van der Waals surface area (Å²) in [6.07, 6.45) is 1.84. The smallest absolute Gasteiger partial charge is 0.162 e. The van der Waals surface area contributed by atoms with Crippen LogP contribution in [0.4, 0.5) is 0 Å². The van der Waals surface area contributed by atoms with Gasteiger partial charge in [0.25, 0.3) is 0 Å². The Morgan fingerprint density at radius 2 is 2.00 bits per heavy atom. The van der Waals surface area contributed by atoms with Crippen LogP contribution in [0.25, 0.3) is 11.0 Å². The maximum Gasteiger partial charge on any atom is 0.162 e. The van der Waals surface area contributed by atoms with Crippen LogP contribution in [0.2, 0.25) is 0 Å². The number of hydrogen-bond acceptors (Lipinski definition) is 4. The molecule has 5 heteroatoms. The molecule has 3 rings (SSSR count). The number of imidazole rings is 1. The molecule has 104 valence electrons. The van der Waals surface area contributed by atoms with E-state index in [2.05, 4.69) is 40.7 Å².